The minimum absolute atomic E-state index is 0.209. The number of nitrogens with zero attached hydrogens (tertiary/aromatic N) is 1. The molecular weight excluding hydrogens is 348 g/mol. The molecule has 1 heterocycles. The fraction of sp³-hybridized carbons (Fsp3) is 1.00. The van der Waals surface area contributed by atoms with Gasteiger partial charge in [-0.05, 0) is 30.9 Å². The molecule has 1 saturated heterocycles. The van der Waals surface area contributed by atoms with E-state index in [1.54, 1.807) is 0 Å². The summed E-state index contributed by atoms with van der Waals surface area (Å²) in [5.74, 6) is -4.74. The van der Waals surface area contributed by atoms with Crippen molar-refractivity contribution >= 4 is 23.7 Å². The molecule has 2 atom stereocenters. The topological polar surface area (TPSA) is 3.24 Å². The van der Waals surface area contributed by atoms with Crippen molar-refractivity contribution in [1.29, 1.82) is 0 Å². The van der Waals surface area contributed by atoms with E-state index in [1.807, 2.05) is 0 Å². The summed E-state index contributed by atoms with van der Waals surface area (Å²) in [7, 11) is 0. The second kappa shape index (κ2) is 6.63. The van der Waals surface area contributed by atoms with Gasteiger partial charge in [-0.2, -0.15) is 26.3 Å². The van der Waals surface area contributed by atoms with Gasteiger partial charge in [0.2, 0.25) is 0 Å². The molecule has 130 valence electrons. The Bertz CT molecular complexity index is 393. The maximum atomic E-state index is 13.8. The van der Waals surface area contributed by atoms with E-state index in [4.69, 9.17) is 0 Å². The number of fused-ring (bicyclic) bond motifs is 1. The van der Waals surface area contributed by atoms with Gasteiger partial charge in [0.1, 0.15) is 0 Å². The number of halogens is 6. The fourth-order valence-corrected chi connectivity index (χ4v) is 4.65. The van der Waals surface area contributed by atoms with E-state index in [2.05, 4.69) is 0 Å². The van der Waals surface area contributed by atoms with E-state index >= 15 is 0 Å². The largest absolute Gasteiger partial charge is 0.392 e. The Morgan fingerprint density at radius 1 is 0.864 bits per heavy atom. The van der Waals surface area contributed by atoms with Gasteiger partial charge < -0.3 is 0 Å². The zero-order valence-electron chi connectivity index (χ0n) is 12.1. The second-order valence-corrected chi connectivity index (χ2v) is 8.02. The van der Waals surface area contributed by atoms with Crippen LogP contribution in [0.2, 0.25) is 0 Å². The van der Waals surface area contributed by atoms with Gasteiger partial charge in [-0.25, -0.2) is 4.31 Å². The first kappa shape index (κ1) is 18.6. The number of hydrogen-bond donors (Lipinski definition) is 0. The van der Waals surface area contributed by atoms with Crippen LogP contribution in [0.15, 0.2) is 0 Å². The molecule has 9 heteroatoms. The lowest BCUT2D eigenvalue weighted by Gasteiger charge is -2.42. The molecule has 0 spiro atoms. The number of thioether (sulfide) groups is 1. The molecule has 2 unspecified atom stereocenters. The molecule has 1 nitrogen and oxygen atoms in total. The molecule has 0 radical (unpaired) electrons. The Morgan fingerprint density at radius 2 is 1.45 bits per heavy atom. The van der Waals surface area contributed by atoms with Crippen molar-refractivity contribution in [2.24, 2.45) is 11.8 Å². The summed E-state index contributed by atoms with van der Waals surface area (Å²) in [6, 6.07) is 0. The van der Waals surface area contributed by atoms with Gasteiger partial charge in [-0.1, -0.05) is 31.0 Å². The third kappa shape index (κ3) is 3.50. The molecule has 2 fully saturated rings. The van der Waals surface area contributed by atoms with E-state index in [0.717, 1.165) is 30.0 Å². The molecule has 0 amide bonds. The number of hydrogen-bond acceptors (Lipinski definition) is 3. The predicted octanol–water partition coefficient (Wildman–Crippen LogP) is 5.33. The summed E-state index contributed by atoms with van der Waals surface area (Å²) in [5, 5.41) is -9.63. The maximum absolute atomic E-state index is 13.8. The molecule has 2 aliphatic rings. The Morgan fingerprint density at radius 3 is 2.05 bits per heavy atom. The molecule has 0 aromatic rings. The van der Waals surface area contributed by atoms with Gasteiger partial charge in [0, 0.05) is 25.0 Å². The quantitative estimate of drug-likeness (QED) is 0.478. The zero-order valence-corrected chi connectivity index (χ0v) is 13.8. The highest BCUT2D eigenvalue weighted by Gasteiger charge is 2.72. The van der Waals surface area contributed by atoms with Crippen molar-refractivity contribution in [2.45, 2.75) is 48.5 Å². The third-order valence-electron chi connectivity index (χ3n) is 4.49. The molecule has 2 rings (SSSR count). The summed E-state index contributed by atoms with van der Waals surface area (Å²) in [6.07, 6.45) is 5.42. The normalized spacial score (nSPS) is 28.5. The summed E-state index contributed by atoms with van der Waals surface area (Å²) in [4.78, 5) is 0. The van der Waals surface area contributed by atoms with Crippen LogP contribution in [0.3, 0.4) is 0 Å². The van der Waals surface area contributed by atoms with Crippen LogP contribution in [0.1, 0.15) is 32.1 Å². The van der Waals surface area contributed by atoms with Crippen LogP contribution in [0.25, 0.3) is 0 Å². The van der Waals surface area contributed by atoms with E-state index in [0.29, 0.717) is 18.6 Å². The van der Waals surface area contributed by atoms with Gasteiger partial charge in [-0.3, -0.25) is 0 Å². The molecule has 22 heavy (non-hydrogen) atoms. The molecule has 1 aliphatic carbocycles. The highest BCUT2D eigenvalue weighted by molar-refractivity contribution is 8.00. The Kier molecular flexibility index (Phi) is 5.59. The van der Waals surface area contributed by atoms with Crippen LogP contribution in [-0.2, 0) is 0 Å². The van der Waals surface area contributed by atoms with Crippen LogP contribution < -0.4 is 0 Å². The molecule has 1 aliphatic heterocycles. The summed E-state index contributed by atoms with van der Waals surface area (Å²) in [6.45, 7) is 0.508. The third-order valence-corrected chi connectivity index (χ3v) is 6.33. The lowest BCUT2D eigenvalue weighted by molar-refractivity contribution is -0.238. The molecule has 0 aromatic heterocycles. The van der Waals surface area contributed by atoms with Crippen molar-refractivity contribution in [2.75, 3.05) is 19.3 Å². The monoisotopic (exact) mass is 367 g/mol. The standard InChI is InChI=1S/C13H19F6NS2/c1-21-12(16,17)11(14,15)13(18,19)22-20-7-6-9-4-2-3-5-10(9)8-20/h9-10H,2-8H2,1H3. The van der Waals surface area contributed by atoms with Crippen molar-refractivity contribution in [3.05, 3.63) is 0 Å². The van der Waals surface area contributed by atoms with Gasteiger partial charge in [-0.15, -0.1) is 0 Å². The van der Waals surface area contributed by atoms with Crippen molar-refractivity contribution < 1.29 is 26.3 Å². The van der Waals surface area contributed by atoms with Crippen LogP contribution in [0.4, 0.5) is 26.3 Å². The van der Waals surface area contributed by atoms with Gasteiger partial charge in [0.05, 0.1) is 0 Å². The molecule has 0 aromatic carbocycles. The van der Waals surface area contributed by atoms with Gasteiger partial charge in [0.15, 0.2) is 0 Å². The van der Waals surface area contributed by atoms with Crippen LogP contribution in [0, 0.1) is 11.8 Å². The zero-order chi connectivity index (χ0) is 16.6. The maximum Gasteiger partial charge on any atom is 0.392 e. The van der Waals surface area contributed by atoms with Crippen LogP contribution in [0.5, 0.6) is 0 Å². The first-order valence-electron chi connectivity index (χ1n) is 7.23. The number of rotatable bonds is 5. The SMILES string of the molecule is CSC(F)(F)C(F)(F)C(F)(F)SN1CCC2CCCCC2C1. The summed E-state index contributed by atoms with van der Waals surface area (Å²) >= 11 is -0.970. The molecule has 0 N–H and O–H groups in total. The highest BCUT2D eigenvalue weighted by Crippen LogP contribution is 2.56. The predicted molar refractivity (Wildman–Crippen MR) is 77.6 cm³/mol. The fourth-order valence-electron chi connectivity index (χ4n) is 3.17. The van der Waals surface area contributed by atoms with Gasteiger partial charge >= 0.3 is 16.4 Å². The smallest absolute Gasteiger partial charge is 0.245 e. The van der Waals surface area contributed by atoms with E-state index < -0.39 is 40.1 Å². The molecule has 1 saturated carbocycles. The average Bonchev–Trinajstić information content (AvgIpc) is 2.46. The van der Waals surface area contributed by atoms with Gasteiger partial charge in [0.25, 0.3) is 0 Å². The lowest BCUT2D eigenvalue weighted by atomic mass is 9.76. The summed E-state index contributed by atoms with van der Waals surface area (Å²) in [5.41, 5.74) is 0. The first-order chi connectivity index (χ1) is 10.1. The Labute approximate surface area is 134 Å². The van der Waals surface area contributed by atoms with Crippen molar-refractivity contribution in [3.8, 4) is 0 Å². The number of alkyl halides is 6. The molecular formula is C13H19F6NS2. The lowest BCUT2D eigenvalue weighted by Crippen LogP contribution is -2.52. The Hall–Kier alpha value is 0.240. The number of piperidine rings is 1. The van der Waals surface area contributed by atoms with Crippen LogP contribution in [-0.4, -0.2) is 40.1 Å². The van der Waals surface area contributed by atoms with Crippen LogP contribution >= 0.6 is 23.7 Å². The Balaban J connectivity index is 2.02. The molecule has 0 bridgehead atoms. The van der Waals surface area contributed by atoms with Crippen molar-refractivity contribution in [1.82, 2.24) is 4.31 Å². The second-order valence-electron chi connectivity index (χ2n) is 5.88. The minimum Gasteiger partial charge on any atom is -0.245 e. The highest BCUT2D eigenvalue weighted by atomic mass is 32.2. The van der Waals surface area contributed by atoms with E-state index in [9.17, 15) is 26.3 Å². The van der Waals surface area contributed by atoms with E-state index in [1.165, 1.54) is 0 Å². The van der Waals surface area contributed by atoms with Crippen molar-refractivity contribution in [3.63, 3.8) is 0 Å². The van der Waals surface area contributed by atoms with E-state index in [-0.39, 0.29) is 19.0 Å². The first-order valence-corrected chi connectivity index (χ1v) is 9.23. The minimum atomic E-state index is -5.40. The average molecular weight is 367 g/mol. The summed E-state index contributed by atoms with van der Waals surface area (Å²) < 4.78 is 82.0.